The van der Waals surface area contributed by atoms with Crippen LogP contribution < -0.4 is 4.90 Å². The van der Waals surface area contributed by atoms with Gasteiger partial charge in [0.05, 0.1) is 0 Å². The third-order valence-electron chi connectivity index (χ3n) is 5.24. The predicted molar refractivity (Wildman–Crippen MR) is 124 cm³/mol. The molecule has 5 nitrogen and oxygen atoms in total. The average Bonchev–Trinajstić information content (AvgIpc) is 2.83. The number of benzene rings is 2. The minimum Gasteiger partial charge on any atom is -0.353 e. The normalized spacial score (nSPS) is 14.0. The lowest BCUT2D eigenvalue weighted by atomic mass is 10.1. The first kappa shape index (κ1) is 20.4. The standard InChI is InChI=1S/C24H26N4OS/c1-2-30-18-19-8-10-21(11-9-19)24(29)28-16-14-27(15-17-28)22-12-13-25-23(26-22)20-6-4-3-5-7-20/h3-13H,2,14-18H2,1H3. The zero-order valence-electron chi connectivity index (χ0n) is 17.2. The van der Waals surface area contributed by atoms with Crippen LogP contribution in [0, 0.1) is 0 Å². The molecule has 1 saturated heterocycles. The van der Waals surface area contributed by atoms with Gasteiger partial charge >= 0.3 is 0 Å². The van der Waals surface area contributed by atoms with E-state index in [9.17, 15) is 4.79 Å². The van der Waals surface area contributed by atoms with Gasteiger partial charge in [-0.3, -0.25) is 4.79 Å². The molecule has 1 aliphatic heterocycles. The van der Waals surface area contributed by atoms with Crippen molar-refractivity contribution in [2.75, 3.05) is 36.8 Å². The number of rotatable bonds is 6. The molecule has 2 heterocycles. The highest BCUT2D eigenvalue weighted by Gasteiger charge is 2.23. The molecule has 2 aromatic carbocycles. The largest absolute Gasteiger partial charge is 0.353 e. The van der Waals surface area contributed by atoms with Crippen molar-refractivity contribution < 1.29 is 4.79 Å². The molecule has 1 aliphatic rings. The summed E-state index contributed by atoms with van der Waals surface area (Å²) in [6.07, 6.45) is 1.81. The zero-order valence-corrected chi connectivity index (χ0v) is 18.0. The molecule has 0 unspecified atom stereocenters. The second kappa shape index (κ2) is 9.76. The Labute approximate surface area is 182 Å². The Balaban J connectivity index is 1.37. The summed E-state index contributed by atoms with van der Waals surface area (Å²) >= 11 is 1.89. The summed E-state index contributed by atoms with van der Waals surface area (Å²) in [5.74, 6) is 3.84. The van der Waals surface area contributed by atoms with Crippen molar-refractivity contribution in [3.8, 4) is 11.4 Å². The van der Waals surface area contributed by atoms with Crippen LogP contribution in [0.2, 0.25) is 0 Å². The van der Waals surface area contributed by atoms with Gasteiger partial charge < -0.3 is 9.80 Å². The van der Waals surface area contributed by atoms with Gasteiger partial charge in [-0.15, -0.1) is 0 Å². The Morgan fingerprint density at radius 1 is 0.967 bits per heavy atom. The lowest BCUT2D eigenvalue weighted by molar-refractivity contribution is 0.0746. The van der Waals surface area contributed by atoms with Crippen molar-refractivity contribution in [2.45, 2.75) is 12.7 Å². The first-order valence-electron chi connectivity index (χ1n) is 10.3. The van der Waals surface area contributed by atoms with Crippen LogP contribution in [0.5, 0.6) is 0 Å². The van der Waals surface area contributed by atoms with Crippen molar-refractivity contribution in [2.24, 2.45) is 0 Å². The number of carbonyl (C=O) groups excluding carboxylic acids is 1. The fourth-order valence-electron chi connectivity index (χ4n) is 3.54. The molecule has 0 atom stereocenters. The van der Waals surface area contributed by atoms with E-state index < -0.39 is 0 Å². The van der Waals surface area contributed by atoms with Crippen molar-refractivity contribution >= 4 is 23.5 Å². The van der Waals surface area contributed by atoms with E-state index in [0.717, 1.165) is 47.4 Å². The number of carbonyl (C=O) groups is 1. The quantitative estimate of drug-likeness (QED) is 0.595. The molecule has 3 aromatic rings. The highest BCUT2D eigenvalue weighted by atomic mass is 32.2. The summed E-state index contributed by atoms with van der Waals surface area (Å²) in [5, 5.41) is 0. The molecule has 6 heteroatoms. The summed E-state index contributed by atoms with van der Waals surface area (Å²) in [5.41, 5.74) is 3.04. The van der Waals surface area contributed by atoms with E-state index in [1.165, 1.54) is 5.56 Å². The molecule has 1 amide bonds. The second-order valence-electron chi connectivity index (χ2n) is 7.22. The molecule has 0 spiro atoms. The van der Waals surface area contributed by atoms with Crippen LogP contribution in [0.4, 0.5) is 5.82 Å². The van der Waals surface area contributed by atoms with Crippen LogP contribution in [-0.2, 0) is 5.75 Å². The summed E-state index contributed by atoms with van der Waals surface area (Å²) in [6, 6.07) is 20.0. The maximum absolute atomic E-state index is 12.9. The molecule has 30 heavy (non-hydrogen) atoms. The van der Waals surface area contributed by atoms with Gasteiger partial charge in [0, 0.05) is 49.3 Å². The number of hydrogen-bond donors (Lipinski definition) is 0. The maximum Gasteiger partial charge on any atom is 0.253 e. The van der Waals surface area contributed by atoms with Crippen LogP contribution >= 0.6 is 11.8 Å². The fourth-order valence-corrected chi connectivity index (χ4v) is 4.17. The second-order valence-corrected chi connectivity index (χ2v) is 8.49. The van der Waals surface area contributed by atoms with Crippen molar-refractivity contribution in [3.63, 3.8) is 0 Å². The van der Waals surface area contributed by atoms with Gasteiger partial charge in [0.25, 0.3) is 5.91 Å². The molecule has 154 valence electrons. The predicted octanol–water partition coefficient (Wildman–Crippen LogP) is 4.36. The van der Waals surface area contributed by atoms with E-state index in [0.29, 0.717) is 13.1 Å². The van der Waals surface area contributed by atoms with E-state index in [4.69, 9.17) is 4.98 Å². The molecule has 0 aliphatic carbocycles. The minimum atomic E-state index is 0.108. The SMILES string of the molecule is CCSCc1ccc(C(=O)N2CCN(c3ccnc(-c4ccccc4)n3)CC2)cc1. The van der Waals surface area contributed by atoms with E-state index in [1.807, 2.05) is 65.2 Å². The van der Waals surface area contributed by atoms with Gasteiger partial charge in [-0.05, 0) is 29.5 Å². The average molecular weight is 419 g/mol. The van der Waals surface area contributed by atoms with Gasteiger partial charge in [-0.2, -0.15) is 11.8 Å². The van der Waals surface area contributed by atoms with E-state index in [-0.39, 0.29) is 5.91 Å². The van der Waals surface area contributed by atoms with Crippen LogP contribution in [0.3, 0.4) is 0 Å². The third kappa shape index (κ3) is 4.82. The highest BCUT2D eigenvalue weighted by Crippen LogP contribution is 2.20. The third-order valence-corrected chi connectivity index (χ3v) is 6.18. The van der Waals surface area contributed by atoms with E-state index in [2.05, 4.69) is 28.9 Å². The Hall–Kier alpha value is -2.86. The van der Waals surface area contributed by atoms with Crippen molar-refractivity contribution in [1.29, 1.82) is 0 Å². The number of thioether (sulfide) groups is 1. The molecule has 0 N–H and O–H groups in total. The fraction of sp³-hybridized carbons (Fsp3) is 0.292. The first-order valence-corrected chi connectivity index (χ1v) is 11.5. The maximum atomic E-state index is 12.9. The summed E-state index contributed by atoms with van der Waals surface area (Å²) in [7, 11) is 0. The molecular weight excluding hydrogens is 392 g/mol. The summed E-state index contributed by atoms with van der Waals surface area (Å²) in [6.45, 7) is 5.07. The van der Waals surface area contributed by atoms with Gasteiger partial charge in [-0.25, -0.2) is 9.97 Å². The molecule has 4 rings (SSSR count). The van der Waals surface area contributed by atoms with Crippen LogP contribution in [0.25, 0.3) is 11.4 Å². The van der Waals surface area contributed by atoms with Crippen LogP contribution in [0.1, 0.15) is 22.8 Å². The topological polar surface area (TPSA) is 49.3 Å². The molecule has 0 radical (unpaired) electrons. The monoisotopic (exact) mass is 418 g/mol. The molecule has 0 bridgehead atoms. The smallest absolute Gasteiger partial charge is 0.253 e. The van der Waals surface area contributed by atoms with Gasteiger partial charge in [-0.1, -0.05) is 49.4 Å². The molecule has 1 fully saturated rings. The highest BCUT2D eigenvalue weighted by molar-refractivity contribution is 7.98. The number of piperazine rings is 1. The Kier molecular flexibility index (Phi) is 6.64. The number of amides is 1. The molecular formula is C24H26N4OS. The number of nitrogens with zero attached hydrogens (tertiary/aromatic N) is 4. The van der Waals surface area contributed by atoms with Gasteiger partial charge in [0.1, 0.15) is 5.82 Å². The van der Waals surface area contributed by atoms with E-state index in [1.54, 1.807) is 6.20 Å². The Morgan fingerprint density at radius 2 is 1.70 bits per heavy atom. The Bertz CT molecular complexity index is 970. The molecule has 0 saturated carbocycles. The lowest BCUT2D eigenvalue weighted by Gasteiger charge is -2.35. The minimum absolute atomic E-state index is 0.108. The lowest BCUT2D eigenvalue weighted by Crippen LogP contribution is -2.49. The van der Waals surface area contributed by atoms with Crippen molar-refractivity contribution in [1.82, 2.24) is 14.9 Å². The summed E-state index contributed by atoms with van der Waals surface area (Å²) < 4.78 is 0. The van der Waals surface area contributed by atoms with Crippen LogP contribution in [-0.4, -0.2) is 52.7 Å². The van der Waals surface area contributed by atoms with E-state index >= 15 is 0 Å². The van der Waals surface area contributed by atoms with Gasteiger partial charge in [0.15, 0.2) is 5.82 Å². The summed E-state index contributed by atoms with van der Waals surface area (Å²) in [4.78, 5) is 26.2. The first-order chi connectivity index (χ1) is 14.7. The van der Waals surface area contributed by atoms with Crippen LogP contribution in [0.15, 0.2) is 66.9 Å². The Morgan fingerprint density at radius 3 is 2.40 bits per heavy atom. The molecule has 1 aromatic heterocycles. The van der Waals surface area contributed by atoms with Crippen molar-refractivity contribution in [3.05, 3.63) is 78.0 Å². The number of aromatic nitrogens is 2. The number of hydrogen-bond acceptors (Lipinski definition) is 5. The zero-order chi connectivity index (χ0) is 20.8. The van der Waals surface area contributed by atoms with Gasteiger partial charge in [0.2, 0.25) is 0 Å². The number of anilines is 1.